The molecule has 0 aliphatic carbocycles. The number of sulfonamides is 1. The number of rotatable bonds is 7. The number of anilines is 1. The zero-order chi connectivity index (χ0) is 21.1. The number of nitrogens with zero attached hydrogens (tertiary/aromatic N) is 1. The first-order chi connectivity index (χ1) is 13.1. The van der Waals surface area contributed by atoms with Crippen molar-refractivity contribution in [3.8, 4) is 5.75 Å². The van der Waals surface area contributed by atoms with Crippen LogP contribution in [-0.4, -0.2) is 33.7 Å². The van der Waals surface area contributed by atoms with Gasteiger partial charge in [0.05, 0.1) is 25.1 Å². The summed E-state index contributed by atoms with van der Waals surface area (Å²) >= 11 is 0. The summed E-state index contributed by atoms with van der Waals surface area (Å²) in [6.07, 6.45) is 1.11. The van der Waals surface area contributed by atoms with Crippen LogP contribution in [0.3, 0.4) is 0 Å². The van der Waals surface area contributed by atoms with E-state index in [0.717, 1.165) is 22.9 Å². The molecule has 0 aliphatic heterocycles. The van der Waals surface area contributed by atoms with Crippen molar-refractivity contribution in [2.45, 2.75) is 39.8 Å². The minimum absolute atomic E-state index is 0.342. The van der Waals surface area contributed by atoms with Gasteiger partial charge in [0.15, 0.2) is 0 Å². The van der Waals surface area contributed by atoms with E-state index in [1.807, 2.05) is 57.2 Å². The Kier molecular flexibility index (Phi) is 6.72. The lowest BCUT2D eigenvalue weighted by molar-refractivity contribution is -0.122. The largest absolute Gasteiger partial charge is 0.496 e. The summed E-state index contributed by atoms with van der Waals surface area (Å²) in [6.45, 7) is 7.14. The van der Waals surface area contributed by atoms with Gasteiger partial charge in [-0.05, 0) is 51.0 Å². The lowest BCUT2D eigenvalue weighted by Crippen LogP contribution is -2.48. The molecule has 0 heterocycles. The zero-order valence-electron chi connectivity index (χ0n) is 17.2. The summed E-state index contributed by atoms with van der Waals surface area (Å²) in [5.41, 5.74) is 3.04. The van der Waals surface area contributed by atoms with Gasteiger partial charge >= 0.3 is 0 Å². The van der Waals surface area contributed by atoms with E-state index in [0.29, 0.717) is 11.4 Å². The number of nitrogens with one attached hydrogen (secondary N) is 1. The van der Waals surface area contributed by atoms with E-state index in [1.165, 1.54) is 4.31 Å². The molecule has 152 valence electrons. The van der Waals surface area contributed by atoms with Crippen molar-refractivity contribution in [3.63, 3.8) is 0 Å². The summed E-state index contributed by atoms with van der Waals surface area (Å²) in [5, 5.41) is 2.90. The Hall–Kier alpha value is -2.54. The molecular formula is C21H28N2O4S. The summed E-state index contributed by atoms with van der Waals surface area (Å²) in [7, 11) is -2.10. The first kappa shape index (κ1) is 21.8. The number of aryl methyl sites for hydroxylation is 2. The Morgan fingerprint density at radius 1 is 1.11 bits per heavy atom. The molecule has 0 radical (unpaired) electrons. The molecule has 7 heteroatoms. The standard InChI is InChI=1S/C21H28N2O4S/c1-14-11-12-15(2)19(13-14)23(28(6,25)26)17(4)21(24)22-16(3)18-9-7-8-10-20(18)27-5/h7-13,16-17H,1-6H3,(H,22,24)/t16-,17-/m1/s1. The van der Waals surface area contributed by atoms with Crippen molar-refractivity contribution in [3.05, 3.63) is 59.2 Å². The summed E-state index contributed by atoms with van der Waals surface area (Å²) in [5.74, 6) is 0.280. The van der Waals surface area contributed by atoms with Gasteiger partial charge in [-0.3, -0.25) is 9.10 Å². The Balaban J connectivity index is 2.33. The molecule has 0 fully saturated rings. The Labute approximate surface area is 167 Å². The number of benzene rings is 2. The van der Waals surface area contributed by atoms with Gasteiger partial charge in [0.25, 0.3) is 0 Å². The second kappa shape index (κ2) is 8.65. The van der Waals surface area contributed by atoms with Gasteiger partial charge in [0.2, 0.25) is 15.9 Å². The van der Waals surface area contributed by atoms with Crippen molar-refractivity contribution in [1.29, 1.82) is 0 Å². The van der Waals surface area contributed by atoms with Crippen LogP contribution in [0.1, 0.15) is 36.6 Å². The van der Waals surface area contributed by atoms with Gasteiger partial charge in [-0.2, -0.15) is 0 Å². The number of carbonyl (C=O) groups is 1. The van der Waals surface area contributed by atoms with Crippen molar-refractivity contribution in [2.75, 3.05) is 17.7 Å². The van der Waals surface area contributed by atoms with Crippen LogP contribution in [0.2, 0.25) is 0 Å². The highest BCUT2D eigenvalue weighted by Crippen LogP contribution is 2.28. The van der Waals surface area contributed by atoms with E-state index < -0.39 is 16.1 Å². The summed E-state index contributed by atoms with van der Waals surface area (Å²) < 4.78 is 31.6. The molecule has 0 spiro atoms. The first-order valence-electron chi connectivity index (χ1n) is 9.06. The average Bonchev–Trinajstić information content (AvgIpc) is 2.63. The van der Waals surface area contributed by atoms with E-state index in [2.05, 4.69) is 5.32 Å². The van der Waals surface area contributed by atoms with Crippen LogP contribution < -0.4 is 14.4 Å². The number of hydrogen-bond acceptors (Lipinski definition) is 4. The van der Waals surface area contributed by atoms with Crippen molar-refractivity contribution >= 4 is 21.6 Å². The molecule has 0 unspecified atom stereocenters. The fourth-order valence-corrected chi connectivity index (χ4v) is 4.40. The van der Waals surface area contributed by atoms with E-state index in [4.69, 9.17) is 4.74 Å². The van der Waals surface area contributed by atoms with Crippen LogP contribution in [0.5, 0.6) is 5.75 Å². The first-order valence-corrected chi connectivity index (χ1v) is 10.9. The summed E-state index contributed by atoms with van der Waals surface area (Å²) in [4.78, 5) is 12.9. The molecule has 2 atom stereocenters. The predicted molar refractivity (Wildman–Crippen MR) is 112 cm³/mol. The van der Waals surface area contributed by atoms with Crippen LogP contribution >= 0.6 is 0 Å². The van der Waals surface area contributed by atoms with Crippen molar-refractivity contribution < 1.29 is 17.9 Å². The van der Waals surface area contributed by atoms with Crippen LogP contribution in [0.15, 0.2) is 42.5 Å². The van der Waals surface area contributed by atoms with Gasteiger partial charge in [0.1, 0.15) is 11.8 Å². The number of carbonyl (C=O) groups excluding carboxylic acids is 1. The summed E-state index contributed by atoms with van der Waals surface area (Å²) in [6, 6.07) is 11.7. The lowest BCUT2D eigenvalue weighted by Gasteiger charge is -2.30. The molecule has 1 N–H and O–H groups in total. The average molecular weight is 405 g/mol. The van der Waals surface area contributed by atoms with Gasteiger partial charge < -0.3 is 10.1 Å². The third-order valence-electron chi connectivity index (χ3n) is 4.65. The Morgan fingerprint density at radius 3 is 2.36 bits per heavy atom. The molecule has 2 aromatic carbocycles. The molecular weight excluding hydrogens is 376 g/mol. The molecule has 6 nitrogen and oxygen atoms in total. The number of para-hydroxylation sites is 1. The highest BCUT2D eigenvalue weighted by atomic mass is 32.2. The quantitative estimate of drug-likeness (QED) is 0.768. The maximum Gasteiger partial charge on any atom is 0.244 e. The monoisotopic (exact) mass is 404 g/mol. The molecule has 28 heavy (non-hydrogen) atoms. The maximum atomic E-state index is 12.9. The minimum atomic E-state index is -3.67. The molecule has 0 aromatic heterocycles. The maximum absolute atomic E-state index is 12.9. The van der Waals surface area contributed by atoms with E-state index in [1.54, 1.807) is 20.1 Å². The highest BCUT2D eigenvalue weighted by Gasteiger charge is 2.31. The number of hydrogen-bond donors (Lipinski definition) is 1. The lowest BCUT2D eigenvalue weighted by atomic mass is 10.1. The minimum Gasteiger partial charge on any atom is -0.496 e. The topological polar surface area (TPSA) is 75.7 Å². The van der Waals surface area contributed by atoms with Crippen molar-refractivity contribution in [2.24, 2.45) is 0 Å². The van der Waals surface area contributed by atoms with E-state index >= 15 is 0 Å². The fourth-order valence-electron chi connectivity index (χ4n) is 3.17. The molecule has 2 rings (SSSR count). The van der Waals surface area contributed by atoms with E-state index in [-0.39, 0.29) is 11.9 Å². The third kappa shape index (κ3) is 4.84. The second-order valence-corrected chi connectivity index (χ2v) is 8.86. The molecule has 0 aliphatic rings. The Bertz CT molecular complexity index is 957. The fraction of sp³-hybridized carbons (Fsp3) is 0.381. The molecule has 1 amide bonds. The molecule has 0 saturated carbocycles. The van der Waals surface area contributed by atoms with E-state index in [9.17, 15) is 13.2 Å². The molecule has 2 aromatic rings. The smallest absolute Gasteiger partial charge is 0.244 e. The SMILES string of the molecule is COc1ccccc1[C@@H](C)NC(=O)[C@@H](C)N(c1cc(C)ccc1C)S(C)(=O)=O. The zero-order valence-corrected chi connectivity index (χ0v) is 18.0. The number of ether oxygens (including phenoxy) is 1. The molecule has 0 bridgehead atoms. The Morgan fingerprint density at radius 2 is 1.75 bits per heavy atom. The predicted octanol–water partition coefficient (Wildman–Crippen LogP) is 3.34. The van der Waals surface area contributed by atoms with Crippen LogP contribution in [-0.2, 0) is 14.8 Å². The normalized spacial score (nSPS) is 13.5. The second-order valence-electron chi connectivity index (χ2n) is 7.00. The van der Waals surface area contributed by atoms with Gasteiger partial charge in [-0.1, -0.05) is 30.3 Å². The molecule has 0 saturated heterocycles. The van der Waals surface area contributed by atoms with Gasteiger partial charge in [-0.25, -0.2) is 8.42 Å². The van der Waals surface area contributed by atoms with Crippen LogP contribution in [0.25, 0.3) is 0 Å². The van der Waals surface area contributed by atoms with Crippen LogP contribution in [0.4, 0.5) is 5.69 Å². The van der Waals surface area contributed by atoms with Gasteiger partial charge in [-0.15, -0.1) is 0 Å². The van der Waals surface area contributed by atoms with Crippen molar-refractivity contribution in [1.82, 2.24) is 5.32 Å². The number of methoxy groups -OCH3 is 1. The highest BCUT2D eigenvalue weighted by molar-refractivity contribution is 7.92. The van der Waals surface area contributed by atoms with Gasteiger partial charge in [0, 0.05) is 5.56 Å². The van der Waals surface area contributed by atoms with Crippen LogP contribution in [0, 0.1) is 13.8 Å². The number of amides is 1. The third-order valence-corrected chi connectivity index (χ3v) is 5.88.